The lowest BCUT2D eigenvalue weighted by molar-refractivity contribution is -0.124. The van der Waals surface area contributed by atoms with Gasteiger partial charge in [0.1, 0.15) is 23.1 Å². The van der Waals surface area contributed by atoms with E-state index in [2.05, 4.69) is 22.2 Å². The van der Waals surface area contributed by atoms with Gasteiger partial charge in [0.05, 0.1) is 38.4 Å². The number of imide groups is 1. The minimum absolute atomic E-state index is 0.0268. The Bertz CT molecular complexity index is 1360. The number of nitrogens with one attached hydrogen (secondary N) is 2. The number of aryl methyl sites for hydroxylation is 1. The molecule has 0 saturated carbocycles. The van der Waals surface area contributed by atoms with Gasteiger partial charge in [-0.25, -0.2) is 9.78 Å². The van der Waals surface area contributed by atoms with E-state index in [-0.39, 0.29) is 49.4 Å². The smallest absolute Gasteiger partial charge is 0.322 e. The topological polar surface area (TPSA) is 150 Å². The van der Waals surface area contributed by atoms with Gasteiger partial charge in [0, 0.05) is 12.1 Å². The molecule has 0 bridgehead atoms. The average molecular weight is 508 g/mol. The molecule has 4 heterocycles. The van der Waals surface area contributed by atoms with E-state index in [0.29, 0.717) is 22.8 Å². The van der Waals surface area contributed by atoms with Gasteiger partial charge in [-0.15, -0.1) is 0 Å². The highest BCUT2D eigenvalue weighted by Crippen LogP contribution is 2.32. The highest BCUT2D eigenvalue weighted by atomic mass is 16.5. The molecule has 37 heavy (non-hydrogen) atoms. The van der Waals surface area contributed by atoms with Gasteiger partial charge >= 0.3 is 6.03 Å². The summed E-state index contributed by atoms with van der Waals surface area (Å²) in [6.45, 7) is 5.71. The fraction of sp³-hybridized carbons (Fsp3) is 0.320. The number of amides is 5. The number of aromatic nitrogens is 1. The second-order valence-corrected chi connectivity index (χ2v) is 9.14. The lowest BCUT2D eigenvalue weighted by Gasteiger charge is -2.32. The quantitative estimate of drug-likeness (QED) is 0.365. The van der Waals surface area contributed by atoms with Gasteiger partial charge in [-0.2, -0.15) is 0 Å². The lowest BCUT2D eigenvalue weighted by atomic mass is 9.96. The number of methoxy groups -OCH3 is 1. The molecule has 0 radical (unpaired) electrons. The Kier molecular flexibility index (Phi) is 5.83. The first-order chi connectivity index (χ1) is 17.6. The van der Waals surface area contributed by atoms with E-state index in [0.717, 1.165) is 5.56 Å². The Hall–Kier alpha value is -4.45. The number of carbonyl (C=O) groups is 4. The van der Waals surface area contributed by atoms with E-state index < -0.39 is 23.6 Å². The number of benzene rings is 1. The largest absolute Gasteiger partial charge is 0.497 e. The number of hydrogen-bond acceptors (Lipinski definition) is 8. The van der Waals surface area contributed by atoms with Crippen molar-refractivity contribution >= 4 is 29.6 Å². The number of hydrogen-bond donors (Lipinski definition) is 3. The van der Waals surface area contributed by atoms with Crippen LogP contribution >= 0.6 is 0 Å². The first-order valence-electron chi connectivity index (χ1n) is 11.5. The Morgan fingerprint density at radius 2 is 2.03 bits per heavy atom. The predicted octanol–water partition coefficient (Wildman–Crippen LogP) is 0.623. The van der Waals surface area contributed by atoms with Crippen molar-refractivity contribution in [2.75, 3.05) is 25.1 Å². The van der Waals surface area contributed by atoms with Gasteiger partial charge in [-0.05, 0) is 36.8 Å². The van der Waals surface area contributed by atoms with Crippen LogP contribution in [0.3, 0.4) is 0 Å². The van der Waals surface area contributed by atoms with Crippen molar-refractivity contribution in [3.05, 3.63) is 59.5 Å². The monoisotopic (exact) mass is 507 g/mol. The Morgan fingerprint density at radius 1 is 1.24 bits per heavy atom. The van der Waals surface area contributed by atoms with E-state index in [4.69, 9.17) is 9.47 Å². The van der Waals surface area contributed by atoms with Crippen molar-refractivity contribution in [3.63, 3.8) is 0 Å². The van der Waals surface area contributed by atoms with Gasteiger partial charge in [0.25, 0.3) is 11.8 Å². The van der Waals surface area contributed by atoms with Crippen LogP contribution in [0.2, 0.25) is 0 Å². The molecule has 2 aromatic rings. The van der Waals surface area contributed by atoms with Crippen LogP contribution in [0, 0.1) is 6.92 Å². The number of ether oxygens (including phenoxy) is 2. The summed E-state index contributed by atoms with van der Waals surface area (Å²) in [6, 6.07) is 7.53. The molecule has 1 aromatic heterocycles. The SMILES string of the molecule is C=C(Oc1ccc(N2CC(O)CC2=O)nc1C)[C@]1(CN2Cc3ccc(OC)cc3C2=O)NC(=O)NC1=O. The van der Waals surface area contributed by atoms with Crippen molar-refractivity contribution < 1.29 is 33.8 Å². The summed E-state index contributed by atoms with van der Waals surface area (Å²) in [4.78, 5) is 57.6. The van der Waals surface area contributed by atoms with Crippen LogP contribution in [-0.4, -0.2) is 70.6 Å². The summed E-state index contributed by atoms with van der Waals surface area (Å²) in [5, 5.41) is 14.5. The molecule has 2 atom stereocenters. The number of aliphatic hydroxyl groups excluding tert-OH is 1. The third-order valence-corrected chi connectivity index (χ3v) is 6.68. The number of urea groups is 1. The second kappa shape index (κ2) is 8.89. The molecule has 5 amide bonds. The van der Waals surface area contributed by atoms with Crippen molar-refractivity contribution in [3.8, 4) is 11.5 Å². The lowest BCUT2D eigenvalue weighted by Crippen LogP contribution is -2.57. The van der Waals surface area contributed by atoms with Crippen molar-refractivity contribution in [2.45, 2.75) is 31.5 Å². The third-order valence-electron chi connectivity index (χ3n) is 6.68. The maximum atomic E-state index is 13.1. The number of nitrogens with zero attached hydrogens (tertiary/aromatic N) is 3. The maximum absolute atomic E-state index is 13.1. The number of β-amino-alcohol motifs (C(OH)–C–C–N with tert-alkyl or cyclic N) is 1. The zero-order valence-corrected chi connectivity index (χ0v) is 20.2. The fourth-order valence-corrected chi connectivity index (χ4v) is 4.69. The molecule has 3 N–H and O–H groups in total. The molecule has 3 aliphatic heterocycles. The average Bonchev–Trinajstić information content (AvgIpc) is 3.46. The van der Waals surface area contributed by atoms with Crippen LogP contribution in [0.25, 0.3) is 0 Å². The van der Waals surface area contributed by atoms with Gasteiger partial charge in [-0.3, -0.25) is 24.6 Å². The Balaban J connectivity index is 1.38. The zero-order valence-electron chi connectivity index (χ0n) is 20.2. The van der Waals surface area contributed by atoms with E-state index in [9.17, 15) is 24.3 Å². The van der Waals surface area contributed by atoms with Crippen molar-refractivity contribution in [2.24, 2.45) is 0 Å². The first-order valence-corrected chi connectivity index (χ1v) is 11.5. The van der Waals surface area contributed by atoms with Gasteiger partial charge in [-0.1, -0.05) is 12.6 Å². The molecule has 12 nitrogen and oxygen atoms in total. The number of pyridine rings is 1. The van der Waals surface area contributed by atoms with E-state index >= 15 is 0 Å². The minimum atomic E-state index is -1.75. The molecule has 12 heteroatoms. The molecular formula is C25H25N5O7. The summed E-state index contributed by atoms with van der Waals surface area (Å²) in [5.74, 6) is -0.250. The van der Waals surface area contributed by atoms with Crippen LogP contribution in [-0.2, 0) is 16.1 Å². The van der Waals surface area contributed by atoms with Crippen LogP contribution in [0.5, 0.6) is 11.5 Å². The molecule has 1 unspecified atom stereocenters. The summed E-state index contributed by atoms with van der Waals surface area (Å²) in [5.41, 5.74) is -0.152. The standard InChI is InChI=1S/C25H25N5O7/c1-13-19(6-7-20(26-13)30-11-16(31)8-21(30)32)37-14(2)25(23(34)27-24(35)28-25)12-29-10-15-4-5-17(36-3)9-18(15)22(29)33/h4-7,9,16,31H,2,8,10-12H2,1,3H3,(H2,27,28,34,35)/t16?,25-/m0/s1. The van der Waals surface area contributed by atoms with E-state index in [1.54, 1.807) is 37.3 Å². The number of fused-ring (bicyclic) bond motifs is 1. The van der Waals surface area contributed by atoms with Gasteiger partial charge in [0.2, 0.25) is 5.91 Å². The molecule has 0 aliphatic carbocycles. The first kappa shape index (κ1) is 24.3. The van der Waals surface area contributed by atoms with Crippen LogP contribution < -0.4 is 25.0 Å². The number of rotatable bonds is 7. The molecule has 0 spiro atoms. The number of carbonyl (C=O) groups excluding carboxylic acids is 4. The van der Waals surface area contributed by atoms with E-state index in [1.165, 1.54) is 16.9 Å². The van der Waals surface area contributed by atoms with Crippen molar-refractivity contribution in [1.82, 2.24) is 20.5 Å². The minimum Gasteiger partial charge on any atom is -0.497 e. The summed E-state index contributed by atoms with van der Waals surface area (Å²) in [6.07, 6.45) is -0.728. The molecular weight excluding hydrogens is 482 g/mol. The van der Waals surface area contributed by atoms with Gasteiger partial charge in [0.15, 0.2) is 5.54 Å². The van der Waals surface area contributed by atoms with Crippen molar-refractivity contribution in [1.29, 1.82) is 0 Å². The predicted molar refractivity (Wildman–Crippen MR) is 129 cm³/mol. The van der Waals surface area contributed by atoms with Crippen LogP contribution in [0.4, 0.5) is 10.6 Å². The number of anilines is 1. The highest BCUT2D eigenvalue weighted by molar-refractivity contribution is 6.09. The fourth-order valence-electron chi connectivity index (χ4n) is 4.69. The highest BCUT2D eigenvalue weighted by Gasteiger charge is 2.53. The number of aliphatic hydroxyl groups is 1. The van der Waals surface area contributed by atoms with Crippen LogP contribution in [0.15, 0.2) is 42.7 Å². The van der Waals surface area contributed by atoms with Gasteiger partial charge < -0.3 is 24.8 Å². The summed E-state index contributed by atoms with van der Waals surface area (Å²) >= 11 is 0. The molecule has 192 valence electrons. The second-order valence-electron chi connectivity index (χ2n) is 9.14. The van der Waals surface area contributed by atoms with Crippen LogP contribution in [0.1, 0.15) is 28.0 Å². The Morgan fingerprint density at radius 3 is 2.65 bits per heavy atom. The molecule has 5 rings (SSSR count). The van der Waals surface area contributed by atoms with E-state index in [1.807, 2.05) is 0 Å². The maximum Gasteiger partial charge on any atom is 0.322 e. The normalized spacial score (nSPS) is 22.7. The molecule has 2 saturated heterocycles. The molecule has 1 aromatic carbocycles. The molecule has 3 aliphatic rings. The summed E-state index contributed by atoms with van der Waals surface area (Å²) < 4.78 is 11.1. The summed E-state index contributed by atoms with van der Waals surface area (Å²) in [7, 11) is 1.50. The zero-order chi connectivity index (χ0) is 26.5. The molecule has 2 fully saturated rings. The Labute approximate surface area is 211 Å². The third kappa shape index (κ3) is 4.14.